The Morgan fingerprint density at radius 3 is 2.37 bits per heavy atom. The van der Waals surface area contributed by atoms with Gasteiger partial charge in [-0.1, -0.05) is 23.7 Å². The molecule has 146 valence electrons. The second kappa shape index (κ2) is 8.89. The Balaban J connectivity index is 1.57. The average molecular weight is 391 g/mol. The predicted molar refractivity (Wildman–Crippen MR) is 106 cm³/mol. The molecule has 0 aromatic heterocycles. The molecule has 1 heterocycles. The third-order valence-electron chi connectivity index (χ3n) is 5.04. The van der Waals surface area contributed by atoms with Crippen molar-refractivity contribution in [3.63, 3.8) is 0 Å². The number of ether oxygens (including phenoxy) is 1. The molecule has 1 N–H and O–H groups in total. The number of amides is 2. The molecule has 2 atom stereocenters. The van der Waals surface area contributed by atoms with Gasteiger partial charge in [0, 0.05) is 35.8 Å². The van der Waals surface area contributed by atoms with Crippen LogP contribution in [0.15, 0.2) is 34.9 Å². The first-order valence-corrected chi connectivity index (χ1v) is 10.0. The van der Waals surface area contributed by atoms with E-state index in [4.69, 9.17) is 16.3 Å². The molecule has 1 aromatic carbocycles. The van der Waals surface area contributed by atoms with Gasteiger partial charge in [0.15, 0.2) is 0 Å². The van der Waals surface area contributed by atoms with Gasteiger partial charge in [0.05, 0.1) is 12.2 Å². The molecule has 1 aliphatic carbocycles. The predicted octanol–water partition coefficient (Wildman–Crippen LogP) is 3.62. The van der Waals surface area contributed by atoms with Crippen molar-refractivity contribution >= 4 is 23.4 Å². The number of halogens is 1. The average Bonchev–Trinajstić information content (AvgIpc) is 2.65. The molecule has 27 heavy (non-hydrogen) atoms. The second-order valence-corrected chi connectivity index (χ2v) is 7.89. The van der Waals surface area contributed by atoms with Crippen LogP contribution in [0.5, 0.6) is 0 Å². The van der Waals surface area contributed by atoms with E-state index in [1.807, 2.05) is 43.0 Å². The van der Waals surface area contributed by atoms with Gasteiger partial charge in [-0.15, -0.1) is 0 Å². The zero-order valence-corrected chi connectivity index (χ0v) is 16.7. The van der Waals surface area contributed by atoms with Gasteiger partial charge < -0.3 is 15.0 Å². The minimum absolute atomic E-state index is 0.0201. The van der Waals surface area contributed by atoms with Gasteiger partial charge in [0.1, 0.15) is 0 Å². The Morgan fingerprint density at radius 2 is 1.74 bits per heavy atom. The first-order valence-electron chi connectivity index (χ1n) is 9.63. The normalized spacial score (nSPS) is 23.3. The summed E-state index contributed by atoms with van der Waals surface area (Å²) in [6.07, 6.45) is 3.69. The molecule has 6 heteroatoms. The van der Waals surface area contributed by atoms with Crippen molar-refractivity contribution in [3.05, 3.63) is 46.0 Å². The molecule has 1 fully saturated rings. The molecule has 5 nitrogen and oxygen atoms in total. The van der Waals surface area contributed by atoms with Gasteiger partial charge in [-0.2, -0.15) is 0 Å². The lowest BCUT2D eigenvalue weighted by Gasteiger charge is -2.35. The lowest BCUT2D eigenvalue weighted by Crippen LogP contribution is -2.48. The fourth-order valence-electron chi connectivity index (χ4n) is 3.69. The van der Waals surface area contributed by atoms with Crippen LogP contribution in [0, 0.1) is 0 Å². The highest BCUT2D eigenvalue weighted by atomic mass is 35.5. The van der Waals surface area contributed by atoms with Gasteiger partial charge in [0.2, 0.25) is 5.91 Å². The van der Waals surface area contributed by atoms with Crippen LogP contribution in [0.1, 0.15) is 55.5 Å². The first kappa shape index (κ1) is 19.9. The van der Waals surface area contributed by atoms with Crippen LogP contribution in [0.3, 0.4) is 0 Å². The van der Waals surface area contributed by atoms with Gasteiger partial charge in [0.25, 0.3) is 5.91 Å². The molecule has 0 spiro atoms. The van der Waals surface area contributed by atoms with Crippen molar-refractivity contribution in [2.75, 3.05) is 13.1 Å². The maximum absolute atomic E-state index is 12.7. The lowest BCUT2D eigenvalue weighted by molar-refractivity contribution is -0.117. The molecule has 1 aromatic rings. The number of rotatable bonds is 4. The van der Waals surface area contributed by atoms with Crippen LogP contribution in [-0.4, -0.2) is 42.0 Å². The Bertz CT molecular complexity index is 719. The minimum Gasteiger partial charge on any atom is -0.372 e. The Labute approximate surface area is 165 Å². The van der Waals surface area contributed by atoms with Crippen molar-refractivity contribution in [2.45, 2.75) is 58.3 Å². The van der Waals surface area contributed by atoms with Crippen LogP contribution in [-0.2, 0) is 16.1 Å². The number of allylic oxidation sites excluding steroid dienone is 1. The molecule has 0 saturated carbocycles. The summed E-state index contributed by atoms with van der Waals surface area (Å²) in [5.74, 6) is -0.0668. The summed E-state index contributed by atoms with van der Waals surface area (Å²) in [6, 6.07) is 7.41. The van der Waals surface area contributed by atoms with E-state index in [0.717, 1.165) is 31.2 Å². The van der Waals surface area contributed by atoms with E-state index in [9.17, 15) is 9.59 Å². The quantitative estimate of drug-likeness (QED) is 0.854. The smallest absolute Gasteiger partial charge is 0.254 e. The van der Waals surface area contributed by atoms with Gasteiger partial charge >= 0.3 is 0 Å². The van der Waals surface area contributed by atoms with Crippen molar-refractivity contribution in [2.24, 2.45) is 0 Å². The number of nitrogens with zero attached hydrogens (tertiary/aromatic N) is 1. The molecule has 0 bridgehead atoms. The zero-order chi connectivity index (χ0) is 19.4. The summed E-state index contributed by atoms with van der Waals surface area (Å²) >= 11 is 6.18. The Morgan fingerprint density at radius 1 is 1.11 bits per heavy atom. The number of hydrogen-bond acceptors (Lipinski definition) is 3. The molecular formula is C21H27ClN2O3. The Hall–Kier alpha value is -1.85. The Kier molecular flexibility index (Phi) is 6.55. The summed E-state index contributed by atoms with van der Waals surface area (Å²) in [6.45, 7) is 5.60. The summed E-state index contributed by atoms with van der Waals surface area (Å²) in [7, 11) is 0. The molecule has 1 saturated heterocycles. The highest BCUT2D eigenvalue weighted by Gasteiger charge is 2.26. The molecule has 0 unspecified atom stereocenters. The minimum atomic E-state index is -0.0869. The molecule has 1 aliphatic heterocycles. The van der Waals surface area contributed by atoms with Crippen LogP contribution in [0.2, 0.25) is 0 Å². The molecule has 2 aliphatic rings. The lowest BCUT2D eigenvalue weighted by atomic mass is 9.98. The van der Waals surface area contributed by atoms with Crippen molar-refractivity contribution < 1.29 is 14.3 Å². The summed E-state index contributed by atoms with van der Waals surface area (Å²) in [5, 5.41) is 3.62. The van der Waals surface area contributed by atoms with Gasteiger partial charge in [-0.25, -0.2) is 0 Å². The van der Waals surface area contributed by atoms with E-state index < -0.39 is 0 Å². The van der Waals surface area contributed by atoms with Crippen LogP contribution < -0.4 is 5.32 Å². The van der Waals surface area contributed by atoms with Crippen molar-refractivity contribution in [1.82, 2.24) is 10.2 Å². The topological polar surface area (TPSA) is 58.6 Å². The van der Waals surface area contributed by atoms with E-state index in [0.29, 0.717) is 35.8 Å². The maximum Gasteiger partial charge on any atom is 0.254 e. The molecule has 3 rings (SSSR count). The largest absolute Gasteiger partial charge is 0.372 e. The standard InChI is InChI=1S/C21H27ClN2O3/c1-14-12-24(13-15(2)27-14)21(26)17-9-7-16(8-10-17)11-23-20(25)18-5-3-4-6-19(18)22/h7-10,14-15H,3-6,11-13H2,1-2H3,(H,23,25)/t14-,15-/m1/s1. The fraction of sp³-hybridized carbons (Fsp3) is 0.524. The molecular weight excluding hydrogens is 364 g/mol. The van der Waals surface area contributed by atoms with E-state index in [-0.39, 0.29) is 24.0 Å². The molecule has 2 amide bonds. The number of carbonyl (C=O) groups is 2. The third kappa shape index (κ3) is 5.11. The van der Waals surface area contributed by atoms with Crippen molar-refractivity contribution in [3.8, 4) is 0 Å². The van der Waals surface area contributed by atoms with Gasteiger partial charge in [-0.05, 0) is 57.2 Å². The third-order valence-corrected chi connectivity index (χ3v) is 5.45. The number of nitrogens with one attached hydrogen (secondary N) is 1. The van der Waals surface area contributed by atoms with E-state index in [1.54, 1.807) is 0 Å². The highest BCUT2D eigenvalue weighted by molar-refractivity contribution is 6.32. The summed E-state index contributed by atoms with van der Waals surface area (Å²) in [5.41, 5.74) is 2.32. The number of benzene rings is 1. The maximum atomic E-state index is 12.7. The summed E-state index contributed by atoms with van der Waals surface area (Å²) < 4.78 is 5.69. The fourth-order valence-corrected chi connectivity index (χ4v) is 4.00. The van der Waals surface area contributed by atoms with E-state index >= 15 is 0 Å². The second-order valence-electron chi connectivity index (χ2n) is 7.44. The number of morpholine rings is 1. The summed E-state index contributed by atoms with van der Waals surface area (Å²) in [4.78, 5) is 26.8. The van der Waals surface area contributed by atoms with Crippen molar-refractivity contribution in [1.29, 1.82) is 0 Å². The monoisotopic (exact) mass is 390 g/mol. The number of carbonyl (C=O) groups excluding carboxylic acids is 2. The van der Waals surface area contributed by atoms with Crippen LogP contribution >= 0.6 is 11.6 Å². The highest BCUT2D eigenvalue weighted by Crippen LogP contribution is 2.27. The zero-order valence-electron chi connectivity index (χ0n) is 16.0. The first-order chi connectivity index (χ1) is 12.9. The van der Waals surface area contributed by atoms with Crippen LogP contribution in [0.4, 0.5) is 0 Å². The SMILES string of the molecule is C[C@@H]1CN(C(=O)c2ccc(CNC(=O)C3=C(Cl)CCCC3)cc2)C[C@@H](C)O1. The number of hydrogen-bond donors (Lipinski definition) is 1. The van der Waals surface area contributed by atoms with E-state index in [1.165, 1.54) is 0 Å². The van der Waals surface area contributed by atoms with E-state index in [2.05, 4.69) is 5.32 Å². The van der Waals surface area contributed by atoms with Crippen LogP contribution in [0.25, 0.3) is 0 Å². The molecule has 0 radical (unpaired) electrons. The van der Waals surface area contributed by atoms with Gasteiger partial charge in [-0.3, -0.25) is 9.59 Å².